The van der Waals surface area contributed by atoms with Crippen molar-refractivity contribution in [3.8, 4) is 0 Å². The number of unbranched alkanes of at least 4 members (excludes halogenated alkanes) is 14. The smallest absolute Gasteiger partial charge is 0.457 e. The summed E-state index contributed by atoms with van der Waals surface area (Å²) >= 11 is 0. The molecular formula is C44H81NO8P+. The molecule has 0 saturated heterocycles. The van der Waals surface area contributed by atoms with Gasteiger partial charge < -0.3 is 24.0 Å². The summed E-state index contributed by atoms with van der Waals surface area (Å²) in [7, 11) is 1.60. The van der Waals surface area contributed by atoms with E-state index < -0.39 is 20.0 Å². The van der Waals surface area contributed by atoms with Crippen molar-refractivity contribution in [2.75, 3.05) is 54.1 Å². The predicted octanol–water partition coefficient (Wildman–Crippen LogP) is 11.1. The summed E-state index contributed by atoms with van der Waals surface area (Å²) in [6, 6.07) is 0. The maximum Gasteiger partial charge on any atom is 0.472 e. The van der Waals surface area contributed by atoms with E-state index in [-0.39, 0.29) is 32.2 Å². The molecule has 9 nitrogen and oxygen atoms in total. The molecule has 0 saturated carbocycles. The zero-order chi connectivity index (χ0) is 40.0. The van der Waals surface area contributed by atoms with Crippen LogP contribution in [-0.4, -0.2) is 86.8 Å². The number of carbonyl (C=O) groups excluding carboxylic acids is 1. The van der Waals surface area contributed by atoms with Gasteiger partial charge in [0, 0.05) is 13.0 Å². The number of likely N-dealkylation sites (N-methyl/N-ethyl adjacent to an activating group) is 1. The molecule has 3 atom stereocenters. The molecule has 0 aromatic heterocycles. The molecule has 0 aromatic carbocycles. The first kappa shape index (κ1) is 52.2. The van der Waals surface area contributed by atoms with Crippen LogP contribution in [0.15, 0.2) is 60.8 Å². The average Bonchev–Trinajstić information content (AvgIpc) is 3.12. The number of hydrogen-bond acceptors (Lipinski definition) is 7. The highest BCUT2D eigenvalue weighted by molar-refractivity contribution is 7.47. The molecule has 2 N–H and O–H groups in total. The number of carbonyl (C=O) groups is 1. The largest absolute Gasteiger partial charge is 0.472 e. The van der Waals surface area contributed by atoms with Gasteiger partial charge >= 0.3 is 13.8 Å². The zero-order valence-electron chi connectivity index (χ0n) is 35.1. The number of rotatable bonds is 38. The number of aliphatic hydroxyl groups is 1. The molecule has 0 bridgehead atoms. The van der Waals surface area contributed by atoms with Gasteiger partial charge in [0.15, 0.2) is 0 Å². The third kappa shape index (κ3) is 39.8. The second-order valence-corrected chi connectivity index (χ2v) is 16.7. The van der Waals surface area contributed by atoms with Crippen molar-refractivity contribution >= 4 is 13.8 Å². The van der Waals surface area contributed by atoms with Crippen LogP contribution in [0.2, 0.25) is 0 Å². The van der Waals surface area contributed by atoms with Crippen molar-refractivity contribution in [2.45, 2.75) is 161 Å². The van der Waals surface area contributed by atoms with Gasteiger partial charge in [0.05, 0.1) is 40.5 Å². The Morgan fingerprint density at radius 3 is 1.85 bits per heavy atom. The summed E-state index contributed by atoms with van der Waals surface area (Å²) < 4.78 is 34.8. The van der Waals surface area contributed by atoms with Gasteiger partial charge in [-0.05, 0) is 44.9 Å². The molecule has 3 unspecified atom stereocenters. The fourth-order valence-corrected chi connectivity index (χ4v) is 6.11. The monoisotopic (exact) mass is 783 g/mol. The average molecular weight is 783 g/mol. The van der Waals surface area contributed by atoms with Gasteiger partial charge in [0.2, 0.25) is 0 Å². The lowest BCUT2D eigenvalue weighted by Gasteiger charge is -2.24. The van der Waals surface area contributed by atoms with Gasteiger partial charge in [-0.3, -0.25) is 13.8 Å². The second-order valence-electron chi connectivity index (χ2n) is 15.2. The van der Waals surface area contributed by atoms with E-state index in [1.807, 2.05) is 51.5 Å². The van der Waals surface area contributed by atoms with Gasteiger partial charge in [-0.15, -0.1) is 0 Å². The summed E-state index contributed by atoms with van der Waals surface area (Å²) in [5.74, 6) is -0.388. The standard InChI is InChI=1S/C44H80NO8P/c1-6-8-10-12-13-14-15-16-17-20-23-26-29-33-38-50-40-43(41-52-54(48,49)51-39-37-45(3,4)5)53-44(47)36-32-28-25-22-19-18-21-24-27-31-35-42(46)34-30-11-9-7-2/h9,11,18,21-22,25,27,30-31,34,42-43,46H,6-8,10,12-17,19-20,23-24,26,28-29,32-33,35-41H2,1-5H3/p+1/b11-9-,21-18-,25-22-,31-27-,34-30+. The highest BCUT2D eigenvalue weighted by Crippen LogP contribution is 2.43. The van der Waals surface area contributed by atoms with E-state index in [2.05, 4.69) is 38.2 Å². The number of hydrogen-bond donors (Lipinski definition) is 2. The minimum atomic E-state index is -4.30. The number of esters is 1. The molecule has 0 amide bonds. The molecular weight excluding hydrogens is 701 g/mol. The topological polar surface area (TPSA) is 112 Å². The Bertz CT molecular complexity index is 1070. The predicted molar refractivity (Wildman–Crippen MR) is 225 cm³/mol. The molecule has 0 heterocycles. The number of quaternary nitrogens is 1. The van der Waals surface area contributed by atoms with E-state index in [1.54, 1.807) is 6.08 Å². The molecule has 0 aliphatic carbocycles. The van der Waals surface area contributed by atoms with Crippen LogP contribution in [0.5, 0.6) is 0 Å². The van der Waals surface area contributed by atoms with Crippen molar-refractivity contribution in [3.63, 3.8) is 0 Å². The van der Waals surface area contributed by atoms with Gasteiger partial charge in [-0.25, -0.2) is 4.57 Å². The molecule has 54 heavy (non-hydrogen) atoms. The van der Waals surface area contributed by atoms with E-state index in [0.29, 0.717) is 30.5 Å². The molecule has 0 rings (SSSR count). The van der Waals surface area contributed by atoms with Gasteiger partial charge in [-0.1, -0.05) is 158 Å². The fraction of sp³-hybridized carbons (Fsp3) is 0.750. The molecule has 10 heteroatoms. The van der Waals surface area contributed by atoms with E-state index in [0.717, 1.165) is 38.5 Å². The molecule has 0 aromatic rings. The Morgan fingerprint density at radius 1 is 0.685 bits per heavy atom. The number of allylic oxidation sites excluding steroid dienone is 8. The summed E-state index contributed by atoms with van der Waals surface area (Å²) in [5, 5.41) is 9.92. The van der Waals surface area contributed by atoms with Crippen molar-refractivity contribution in [1.82, 2.24) is 0 Å². The number of aliphatic hydroxyl groups excluding tert-OH is 1. The Balaban J connectivity index is 4.41. The minimum absolute atomic E-state index is 0.0678. The second kappa shape index (κ2) is 36.8. The lowest BCUT2D eigenvalue weighted by Crippen LogP contribution is -2.37. The maximum absolute atomic E-state index is 12.7. The zero-order valence-corrected chi connectivity index (χ0v) is 35.9. The summed E-state index contributed by atoms with van der Waals surface area (Å²) in [4.78, 5) is 22.8. The van der Waals surface area contributed by atoms with Crippen LogP contribution < -0.4 is 0 Å². The molecule has 314 valence electrons. The lowest BCUT2D eigenvalue weighted by molar-refractivity contribution is -0.870. The van der Waals surface area contributed by atoms with E-state index in [9.17, 15) is 19.4 Å². The summed E-state index contributed by atoms with van der Waals surface area (Å²) in [5.41, 5.74) is 0. The van der Waals surface area contributed by atoms with Gasteiger partial charge in [0.25, 0.3) is 0 Å². The van der Waals surface area contributed by atoms with Crippen LogP contribution in [-0.2, 0) is 27.9 Å². The molecule has 0 aliphatic rings. The highest BCUT2D eigenvalue weighted by Gasteiger charge is 2.26. The van der Waals surface area contributed by atoms with Crippen LogP contribution in [0.4, 0.5) is 0 Å². The number of nitrogens with zero attached hydrogens (tertiary/aromatic N) is 1. The lowest BCUT2D eigenvalue weighted by atomic mass is 10.0. The summed E-state index contributed by atoms with van der Waals surface area (Å²) in [6.45, 7) is 5.30. The van der Waals surface area contributed by atoms with Crippen LogP contribution >= 0.6 is 7.82 Å². The first-order valence-electron chi connectivity index (χ1n) is 21.1. The van der Waals surface area contributed by atoms with Crippen molar-refractivity contribution in [2.24, 2.45) is 0 Å². The first-order valence-corrected chi connectivity index (χ1v) is 22.6. The van der Waals surface area contributed by atoms with Crippen LogP contribution in [0.25, 0.3) is 0 Å². The molecule has 0 radical (unpaired) electrons. The first-order chi connectivity index (χ1) is 26.0. The Morgan fingerprint density at radius 2 is 1.26 bits per heavy atom. The molecule has 0 spiro atoms. The van der Waals surface area contributed by atoms with E-state index >= 15 is 0 Å². The van der Waals surface area contributed by atoms with Crippen LogP contribution in [0, 0.1) is 0 Å². The van der Waals surface area contributed by atoms with E-state index in [1.165, 1.54) is 77.0 Å². The number of ether oxygens (including phenoxy) is 2. The van der Waals surface area contributed by atoms with Crippen molar-refractivity contribution < 1.29 is 42.4 Å². The van der Waals surface area contributed by atoms with Gasteiger partial charge in [0.1, 0.15) is 19.3 Å². The Labute approximate surface area is 331 Å². The molecule has 0 fully saturated rings. The highest BCUT2D eigenvalue weighted by atomic mass is 31.2. The maximum atomic E-state index is 12.7. The Hall–Kier alpha value is -1.84. The van der Waals surface area contributed by atoms with Crippen LogP contribution in [0.1, 0.15) is 149 Å². The third-order valence-corrected chi connectivity index (χ3v) is 9.66. The van der Waals surface area contributed by atoms with Crippen molar-refractivity contribution in [1.29, 1.82) is 0 Å². The van der Waals surface area contributed by atoms with Gasteiger partial charge in [-0.2, -0.15) is 0 Å². The number of phosphoric acid groups is 1. The van der Waals surface area contributed by atoms with Crippen LogP contribution in [0.3, 0.4) is 0 Å². The Kier molecular flexibility index (Phi) is 35.5. The normalized spacial score (nSPS) is 15.0. The van der Waals surface area contributed by atoms with E-state index in [4.69, 9.17) is 18.5 Å². The third-order valence-electron chi connectivity index (χ3n) is 8.67. The summed E-state index contributed by atoms with van der Waals surface area (Å²) in [6.07, 6.45) is 41.5. The molecule has 0 aliphatic heterocycles. The minimum Gasteiger partial charge on any atom is -0.457 e. The fourth-order valence-electron chi connectivity index (χ4n) is 5.36. The SMILES string of the molecule is CC/C=C\C=C\C(O)C/C=C\C/C=C\C/C=C\CCCC(=O)OC(COCCCCCCCCCCCCCCCC)COP(=O)(O)OCC[N+](C)(C)C. The van der Waals surface area contributed by atoms with Crippen molar-refractivity contribution in [3.05, 3.63) is 60.8 Å². The quantitative estimate of drug-likeness (QED) is 0.0159. The number of phosphoric ester groups is 1.